The molecular weight excluding hydrogens is 586 g/mol. The standard InChI is InChI=1S/C32H38ClN5O6/c1-21-25(36-28(43-21)23-8-6-5-7-9-23)20-26(39)37-32(14-18-38(19-15-32)30(42)44-31(2,3)4)29(41)35-17-16-34-27(40)22-10-12-24(33)13-11-22/h5-13H,14-20H2,1-4H3,(H,34,40)(H,35,41)(H,37,39). The van der Waals surface area contributed by atoms with Crippen LogP contribution in [0.5, 0.6) is 0 Å². The van der Waals surface area contributed by atoms with Crippen LogP contribution in [-0.4, -0.2) is 71.0 Å². The Morgan fingerprint density at radius 1 is 0.977 bits per heavy atom. The number of aryl methyl sites for hydroxylation is 1. The van der Waals surface area contributed by atoms with Crippen molar-refractivity contribution in [2.45, 2.75) is 58.1 Å². The van der Waals surface area contributed by atoms with Crippen molar-refractivity contribution in [1.82, 2.24) is 25.8 Å². The molecule has 4 amide bonds. The summed E-state index contributed by atoms with van der Waals surface area (Å²) in [5, 5.41) is 9.05. The Morgan fingerprint density at radius 2 is 1.61 bits per heavy atom. The highest BCUT2D eigenvalue weighted by atomic mass is 35.5. The van der Waals surface area contributed by atoms with Crippen LogP contribution in [0, 0.1) is 6.92 Å². The molecule has 0 unspecified atom stereocenters. The molecule has 234 valence electrons. The first kappa shape index (κ1) is 32.5. The molecule has 3 N–H and O–H groups in total. The predicted molar refractivity (Wildman–Crippen MR) is 165 cm³/mol. The lowest BCUT2D eigenvalue weighted by atomic mass is 9.86. The Hall–Kier alpha value is -4.38. The molecule has 1 aliphatic heterocycles. The van der Waals surface area contributed by atoms with Gasteiger partial charge in [0.2, 0.25) is 17.7 Å². The minimum absolute atomic E-state index is 0.0931. The SMILES string of the molecule is Cc1oc(-c2ccccc2)nc1CC(=O)NC1(C(=O)NCCNC(=O)c2ccc(Cl)cc2)CCN(C(=O)OC(C)(C)C)CC1. The van der Waals surface area contributed by atoms with E-state index in [1.807, 2.05) is 30.3 Å². The Morgan fingerprint density at radius 3 is 2.25 bits per heavy atom. The molecule has 0 aliphatic carbocycles. The van der Waals surface area contributed by atoms with Gasteiger partial charge in [0.25, 0.3) is 5.91 Å². The van der Waals surface area contributed by atoms with E-state index in [0.717, 1.165) is 5.56 Å². The summed E-state index contributed by atoms with van der Waals surface area (Å²) in [6, 6.07) is 15.8. The van der Waals surface area contributed by atoms with E-state index in [9.17, 15) is 19.2 Å². The number of rotatable bonds is 9. The molecule has 1 aliphatic rings. The van der Waals surface area contributed by atoms with Gasteiger partial charge in [-0.3, -0.25) is 14.4 Å². The third-order valence-corrected chi connectivity index (χ3v) is 7.38. The van der Waals surface area contributed by atoms with Crippen molar-refractivity contribution in [3.8, 4) is 11.5 Å². The summed E-state index contributed by atoms with van der Waals surface area (Å²) < 4.78 is 11.3. The maximum Gasteiger partial charge on any atom is 0.410 e. The fraction of sp³-hybridized carbons (Fsp3) is 0.406. The highest BCUT2D eigenvalue weighted by Gasteiger charge is 2.44. The summed E-state index contributed by atoms with van der Waals surface area (Å²) in [5.74, 6) is -0.198. The minimum atomic E-state index is -1.28. The van der Waals surface area contributed by atoms with Crippen LogP contribution in [0.1, 0.15) is 55.4 Å². The Kier molecular flexibility index (Phi) is 10.3. The number of carbonyl (C=O) groups excluding carboxylic acids is 4. The molecule has 44 heavy (non-hydrogen) atoms. The molecule has 0 bridgehead atoms. The van der Waals surface area contributed by atoms with E-state index in [2.05, 4.69) is 20.9 Å². The van der Waals surface area contributed by atoms with Crippen molar-refractivity contribution in [3.63, 3.8) is 0 Å². The maximum absolute atomic E-state index is 13.6. The molecule has 0 saturated carbocycles. The first-order valence-electron chi connectivity index (χ1n) is 14.5. The van der Waals surface area contributed by atoms with Crippen molar-refractivity contribution in [2.75, 3.05) is 26.2 Å². The second-order valence-electron chi connectivity index (χ2n) is 11.7. The van der Waals surface area contributed by atoms with Crippen molar-refractivity contribution in [3.05, 3.63) is 76.6 Å². The molecule has 1 saturated heterocycles. The third kappa shape index (κ3) is 8.59. The Balaban J connectivity index is 1.41. The quantitative estimate of drug-likeness (QED) is 0.302. The zero-order valence-electron chi connectivity index (χ0n) is 25.4. The van der Waals surface area contributed by atoms with Gasteiger partial charge < -0.3 is 30.0 Å². The molecule has 11 nitrogen and oxygen atoms in total. The second kappa shape index (κ2) is 13.9. The molecule has 2 heterocycles. The molecule has 1 fully saturated rings. The first-order valence-corrected chi connectivity index (χ1v) is 14.9. The lowest BCUT2D eigenvalue weighted by molar-refractivity contribution is -0.135. The number of piperidine rings is 1. The maximum atomic E-state index is 13.6. The lowest BCUT2D eigenvalue weighted by Gasteiger charge is -2.41. The monoisotopic (exact) mass is 623 g/mol. The molecule has 0 radical (unpaired) electrons. The van der Waals surface area contributed by atoms with E-state index in [-0.39, 0.29) is 51.3 Å². The number of benzene rings is 2. The largest absolute Gasteiger partial charge is 0.444 e. The van der Waals surface area contributed by atoms with Crippen molar-refractivity contribution in [1.29, 1.82) is 0 Å². The Bertz CT molecular complexity index is 1470. The van der Waals surface area contributed by atoms with Gasteiger partial charge in [-0.15, -0.1) is 0 Å². The Labute approximate surface area is 261 Å². The fourth-order valence-corrected chi connectivity index (χ4v) is 4.92. The van der Waals surface area contributed by atoms with E-state index < -0.39 is 29.0 Å². The smallest absolute Gasteiger partial charge is 0.410 e. The summed E-state index contributed by atoms with van der Waals surface area (Å²) in [6.45, 7) is 7.81. The summed E-state index contributed by atoms with van der Waals surface area (Å²) in [6.07, 6.45) is -0.221. The summed E-state index contributed by atoms with van der Waals surface area (Å²) >= 11 is 5.89. The molecule has 2 aromatic carbocycles. The lowest BCUT2D eigenvalue weighted by Crippen LogP contribution is -2.64. The van der Waals surface area contributed by atoms with Gasteiger partial charge in [0.05, 0.1) is 12.1 Å². The average molecular weight is 624 g/mol. The van der Waals surface area contributed by atoms with Crippen LogP contribution in [0.4, 0.5) is 4.79 Å². The van der Waals surface area contributed by atoms with E-state index in [0.29, 0.717) is 27.9 Å². The highest BCUT2D eigenvalue weighted by molar-refractivity contribution is 6.30. The van der Waals surface area contributed by atoms with E-state index >= 15 is 0 Å². The number of hydrogen-bond donors (Lipinski definition) is 3. The van der Waals surface area contributed by atoms with Crippen LogP contribution in [0.2, 0.25) is 5.02 Å². The molecule has 0 spiro atoms. The molecular formula is C32H38ClN5O6. The average Bonchev–Trinajstić information content (AvgIpc) is 3.34. The van der Waals surface area contributed by atoms with Crippen LogP contribution in [0.15, 0.2) is 59.0 Å². The van der Waals surface area contributed by atoms with Crippen molar-refractivity contribution < 1.29 is 28.3 Å². The molecule has 12 heteroatoms. The molecule has 3 aromatic rings. The summed E-state index contributed by atoms with van der Waals surface area (Å²) in [4.78, 5) is 58.1. The molecule has 1 aromatic heterocycles. The number of nitrogens with zero attached hydrogens (tertiary/aromatic N) is 2. The number of aromatic nitrogens is 1. The van der Waals surface area contributed by atoms with Gasteiger partial charge in [-0.25, -0.2) is 9.78 Å². The number of halogens is 1. The number of ether oxygens (including phenoxy) is 1. The topological polar surface area (TPSA) is 143 Å². The van der Waals surface area contributed by atoms with Crippen molar-refractivity contribution in [2.24, 2.45) is 0 Å². The van der Waals surface area contributed by atoms with Crippen molar-refractivity contribution >= 4 is 35.4 Å². The van der Waals surface area contributed by atoms with Gasteiger partial charge in [-0.2, -0.15) is 0 Å². The van der Waals surface area contributed by atoms with Crippen LogP contribution in [0.3, 0.4) is 0 Å². The van der Waals surface area contributed by atoms with E-state index in [1.54, 1.807) is 52.0 Å². The first-order chi connectivity index (χ1) is 20.8. The number of hydrogen-bond acceptors (Lipinski definition) is 7. The van der Waals surface area contributed by atoms with Gasteiger partial charge in [0.15, 0.2) is 0 Å². The third-order valence-electron chi connectivity index (χ3n) is 7.13. The van der Waals surface area contributed by atoms with Gasteiger partial charge in [-0.1, -0.05) is 29.8 Å². The van der Waals surface area contributed by atoms with Crippen LogP contribution in [0.25, 0.3) is 11.5 Å². The second-order valence-corrected chi connectivity index (χ2v) is 12.1. The molecule has 0 atom stereocenters. The zero-order chi connectivity index (χ0) is 31.9. The van der Waals surface area contributed by atoms with Crippen LogP contribution >= 0.6 is 11.6 Å². The summed E-state index contributed by atoms with van der Waals surface area (Å²) in [5.41, 5.74) is -0.251. The minimum Gasteiger partial charge on any atom is -0.444 e. The van der Waals surface area contributed by atoms with Gasteiger partial charge in [0.1, 0.15) is 16.9 Å². The van der Waals surface area contributed by atoms with Gasteiger partial charge in [-0.05, 0) is 76.9 Å². The number of likely N-dealkylation sites (tertiary alicyclic amines) is 1. The zero-order valence-corrected chi connectivity index (χ0v) is 26.1. The van der Waals surface area contributed by atoms with Gasteiger partial charge in [0, 0.05) is 42.3 Å². The number of oxazole rings is 1. The predicted octanol–water partition coefficient (Wildman–Crippen LogP) is 4.28. The van der Waals surface area contributed by atoms with E-state index in [4.69, 9.17) is 20.8 Å². The number of amides is 4. The summed E-state index contributed by atoms with van der Waals surface area (Å²) in [7, 11) is 0. The van der Waals surface area contributed by atoms with Crippen LogP contribution in [-0.2, 0) is 20.7 Å². The number of carbonyl (C=O) groups is 4. The van der Waals surface area contributed by atoms with E-state index in [1.165, 1.54) is 4.90 Å². The highest BCUT2D eigenvalue weighted by Crippen LogP contribution is 2.26. The fourth-order valence-electron chi connectivity index (χ4n) is 4.79. The molecule has 4 rings (SSSR count). The normalized spacial score (nSPS) is 14.4. The number of nitrogens with one attached hydrogen (secondary N) is 3. The van der Waals surface area contributed by atoms with Gasteiger partial charge >= 0.3 is 6.09 Å². The van der Waals surface area contributed by atoms with Crippen LogP contribution < -0.4 is 16.0 Å².